The average Bonchev–Trinajstić information content (AvgIpc) is 2.85. The Hall–Kier alpha value is -2.59. The van der Waals surface area contributed by atoms with Gasteiger partial charge in [-0.3, -0.25) is 4.99 Å². The third kappa shape index (κ3) is 4.48. The summed E-state index contributed by atoms with van der Waals surface area (Å²) in [7, 11) is 0. The first kappa shape index (κ1) is 17.2. The summed E-state index contributed by atoms with van der Waals surface area (Å²) in [5.74, 6) is 0.865. The van der Waals surface area contributed by atoms with Crippen molar-refractivity contribution in [3.8, 4) is 0 Å². The molecule has 4 nitrogen and oxygen atoms in total. The van der Waals surface area contributed by atoms with Gasteiger partial charge < -0.3 is 15.3 Å². The first-order valence-electron chi connectivity index (χ1n) is 8.69. The number of hydrogen-bond donors (Lipinski definition) is 2. The minimum atomic E-state index is -0.0522. The normalized spacial score (nSPS) is 19.6. The van der Waals surface area contributed by atoms with Gasteiger partial charge in [-0.2, -0.15) is 0 Å². The van der Waals surface area contributed by atoms with Crippen LogP contribution in [0.15, 0.2) is 82.9 Å². The van der Waals surface area contributed by atoms with Crippen LogP contribution in [0.1, 0.15) is 13.3 Å². The van der Waals surface area contributed by atoms with Crippen LogP contribution in [-0.2, 0) is 0 Å². The average molecular weight is 335 g/mol. The van der Waals surface area contributed by atoms with Crippen molar-refractivity contribution in [2.24, 2.45) is 4.99 Å². The highest BCUT2D eigenvalue weighted by Gasteiger charge is 2.22. The fourth-order valence-corrected chi connectivity index (χ4v) is 2.97. The molecule has 1 aliphatic heterocycles. The minimum absolute atomic E-state index is 0.0522. The van der Waals surface area contributed by atoms with Crippen molar-refractivity contribution in [1.29, 1.82) is 0 Å². The molecule has 0 spiro atoms. The Balaban J connectivity index is 1.81. The monoisotopic (exact) mass is 335 g/mol. The van der Waals surface area contributed by atoms with Crippen LogP contribution in [0, 0.1) is 0 Å². The molecule has 1 aromatic carbocycles. The number of aliphatic hydroxyl groups excluding tert-OH is 1. The van der Waals surface area contributed by atoms with E-state index in [2.05, 4.69) is 36.5 Å². The van der Waals surface area contributed by atoms with E-state index in [1.54, 1.807) is 0 Å². The molecule has 2 N–H and O–H groups in total. The third-order valence-corrected chi connectivity index (χ3v) is 4.37. The van der Waals surface area contributed by atoms with Crippen molar-refractivity contribution in [2.75, 3.05) is 25.1 Å². The molecule has 0 bridgehead atoms. The van der Waals surface area contributed by atoms with Gasteiger partial charge in [-0.1, -0.05) is 60.2 Å². The molecule has 0 saturated carbocycles. The van der Waals surface area contributed by atoms with Gasteiger partial charge in [0, 0.05) is 17.8 Å². The number of benzene rings is 1. The minimum Gasteiger partial charge on any atom is -0.381 e. The van der Waals surface area contributed by atoms with E-state index >= 15 is 0 Å². The maximum Gasteiger partial charge on any atom is 0.131 e. The van der Waals surface area contributed by atoms with Crippen molar-refractivity contribution < 1.29 is 5.11 Å². The van der Waals surface area contributed by atoms with Crippen LogP contribution >= 0.6 is 0 Å². The fraction of sp³-hybridized carbons (Fsp3) is 0.286. The lowest BCUT2D eigenvalue weighted by atomic mass is 10.1. The summed E-state index contributed by atoms with van der Waals surface area (Å²) in [6.45, 7) is 3.35. The summed E-state index contributed by atoms with van der Waals surface area (Å²) in [6, 6.07) is 10.3. The number of anilines is 1. The Morgan fingerprint density at radius 1 is 1.20 bits per heavy atom. The van der Waals surface area contributed by atoms with Gasteiger partial charge >= 0.3 is 0 Å². The number of allylic oxidation sites excluding steroid dienone is 4. The quantitative estimate of drug-likeness (QED) is 0.810. The molecule has 0 radical (unpaired) electrons. The lowest BCUT2D eigenvalue weighted by molar-refractivity contribution is 0.150. The Kier molecular flexibility index (Phi) is 5.86. The Labute approximate surface area is 149 Å². The van der Waals surface area contributed by atoms with Gasteiger partial charge in [0.1, 0.15) is 12.6 Å². The van der Waals surface area contributed by atoms with E-state index in [0.717, 1.165) is 23.5 Å². The van der Waals surface area contributed by atoms with E-state index in [4.69, 9.17) is 4.99 Å². The number of aliphatic imine (C=N–C) groups is 1. The summed E-state index contributed by atoms with van der Waals surface area (Å²) < 4.78 is 0. The Bertz CT molecular complexity index is 729. The smallest absolute Gasteiger partial charge is 0.131 e. The highest BCUT2D eigenvalue weighted by molar-refractivity contribution is 6.00. The first-order valence-corrected chi connectivity index (χ1v) is 8.69. The highest BCUT2D eigenvalue weighted by Crippen LogP contribution is 2.19. The van der Waals surface area contributed by atoms with Gasteiger partial charge in [-0.05, 0) is 25.5 Å². The molecule has 1 unspecified atom stereocenters. The molecule has 1 atom stereocenters. The van der Waals surface area contributed by atoms with Gasteiger partial charge in [0.05, 0.1) is 12.6 Å². The lowest BCUT2D eigenvalue weighted by Crippen LogP contribution is -2.42. The fourth-order valence-electron chi connectivity index (χ4n) is 2.97. The van der Waals surface area contributed by atoms with Crippen molar-refractivity contribution in [3.05, 3.63) is 77.9 Å². The molecule has 0 fully saturated rings. The van der Waals surface area contributed by atoms with Crippen LogP contribution in [0.25, 0.3) is 0 Å². The Morgan fingerprint density at radius 3 is 2.76 bits per heavy atom. The van der Waals surface area contributed by atoms with Crippen molar-refractivity contribution >= 4 is 11.5 Å². The predicted octanol–water partition coefficient (Wildman–Crippen LogP) is 3.52. The van der Waals surface area contributed by atoms with Gasteiger partial charge in [-0.15, -0.1) is 0 Å². The number of amidine groups is 1. The van der Waals surface area contributed by atoms with E-state index in [9.17, 15) is 5.11 Å². The van der Waals surface area contributed by atoms with Crippen LogP contribution in [-0.4, -0.2) is 41.7 Å². The zero-order valence-corrected chi connectivity index (χ0v) is 14.6. The van der Waals surface area contributed by atoms with Crippen LogP contribution in [0.4, 0.5) is 5.69 Å². The third-order valence-electron chi connectivity index (χ3n) is 4.37. The van der Waals surface area contributed by atoms with Crippen LogP contribution in [0.2, 0.25) is 0 Å². The van der Waals surface area contributed by atoms with Crippen LogP contribution in [0.5, 0.6) is 0 Å². The molecule has 1 aliphatic carbocycles. The number of nitrogens with one attached hydrogen (secondary N) is 1. The molecule has 0 amide bonds. The summed E-state index contributed by atoms with van der Waals surface area (Å²) >= 11 is 0. The highest BCUT2D eigenvalue weighted by atomic mass is 16.3. The SMILES string of the molecule is CC1=CC=C(CNc2ccccc2)C(N(CO)C2C=CC=CC2)=NC1. The largest absolute Gasteiger partial charge is 0.381 e. The molecule has 25 heavy (non-hydrogen) atoms. The van der Waals surface area contributed by atoms with E-state index in [-0.39, 0.29) is 12.8 Å². The van der Waals surface area contributed by atoms with E-state index in [0.29, 0.717) is 13.1 Å². The van der Waals surface area contributed by atoms with Crippen molar-refractivity contribution in [1.82, 2.24) is 4.90 Å². The second kappa shape index (κ2) is 8.49. The maximum atomic E-state index is 10.0. The lowest BCUT2D eigenvalue weighted by Gasteiger charge is -2.32. The van der Waals surface area contributed by atoms with Crippen LogP contribution < -0.4 is 5.32 Å². The van der Waals surface area contributed by atoms with Crippen molar-refractivity contribution in [3.63, 3.8) is 0 Å². The maximum absolute atomic E-state index is 10.0. The number of aliphatic hydroxyl groups is 1. The van der Waals surface area contributed by atoms with Gasteiger partial charge in [0.25, 0.3) is 0 Å². The molecule has 3 rings (SSSR count). The van der Waals surface area contributed by atoms with Gasteiger partial charge in [0.2, 0.25) is 0 Å². The summed E-state index contributed by atoms with van der Waals surface area (Å²) in [6.07, 6.45) is 13.4. The summed E-state index contributed by atoms with van der Waals surface area (Å²) in [4.78, 5) is 6.77. The van der Waals surface area contributed by atoms with Crippen LogP contribution in [0.3, 0.4) is 0 Å². The van der Waals surface area contributed by atoms with Crippen molar-refractivity contribution in [2.45, 2.75) is 19.4 Å². The second-order valence-electron chi connectivity index (χ2n) is 6.29. The molecule has 130 valence electrons. The summed E-state index contributed by atoms with van der Waals surface area (Å²) in [5.41, 5.74) is 3.37. The van der Waals surface area contributed by atoms with Gasteiger partial charge in [0.15, 0.2) is 0 Å². The molecule has 4 heteroatoms. The zero-order valence-electron chi connectivity index (χ0n) is 14.6. The summed E-state index contributed by atoms with van der Waals surface area (Å²) in [5, 5.41) is 13.5. The van der Waals surface area contributed by atoms with E-state index < -0.39 is 0 Å². The molecule has 2 aliphatic rings. The molecular weight excluding hydrogens is 310 g/mol. The predicted molar refractivity (Wildman–Crippen MR) is 105 cm³/mol. The van der Waals surface area contributed by atoms with E-state index in [1.807, 2.05) is 47.4 Å². The molecular formula is C21H25N3O. The number of hydrogen-bond acceptors (Lipinski definition) is 4. The Morgan fingerprint density at radius 2 is 2.04 bits per heavy atom. The number of rotatable bonds is 5. The second-order valence-corrected chi connectivity index (χ2v) is 6.29. The molecule has 0 saturated heterocycles. The topological polar surface area (TPSA) is 47.9 Å². The molecule has 1 aromatic rings. The van der Waals surface area contributed by atoms with E-state index in [1.165, 1.54) is 5.57 Å². The van der Waals surface area contributed by atoms with Gasteiger partial charge in [-0.25, -0.2) is 0 Å². The number of para-hydroxylation sites is 1. The molecule has 0 aromatic heterocycles. The standard InChI is InChI=1S/C21H25N3O/c1-17-12-13-18(15-22-19-8-4-2-5-9-19)21(23-14-17)24(16-25)20-10-6-3-7-11-20/h2-10,12-13,20,22,25H,11,14-16H2,1H3. The number of nitrogens with zero attached hydrogens (tertiary/aromatic N) is 2. The molecule has 1 heterocycles. The zero-order chi connectivity index (χ0) is 17.5. The first-order chi connectivity index (χ1) is 12.3.